The minimum Gasteiger partial charge on any atom is -0.205 e. The van der Waals surface area contributed by atoms with E-state index in [0.29, 0.717) is 5.39 Å². The first-order valence-corrected chi connectivity index (χ1v) is 9.89. The fourth-order valence-electron chi connectivity index (χ4n) is 5.20. The molecule has 0 aliphatic heterocycles. The molecule has 1 aliphatic rings. The Morgan fingerprint density at radius 3 is 2.43 bits per heavy atom. The maximum atomic E-state index is 16.0. The Morgan fingerprint density at radius 2 is 1.68 bits per heavy atom. The summed E-state index contributed by atoms with van der Waals surface area (Å²) in [6.07, 6.45) is 0. The summed E-state index contributed by atoms with van der Waals surface area (Å²) in [5.41, 5.74) is 8.45. The fourth-order valence-corrected chi connectivity index (χ4v) is 5.20. The van der Waals surface area contributed by atoms with E-state index in [1.165, 1.54) is 38.6 Å². The van der Waals surface area contributed by atoms with E-state index in [9.17, 15) is 0 Å². The lowest BCUT2D eigenvalue weighted by Crippen LogP contribution is -2.40. The van der Waals surface area contributed by atoms with Crippen molar-refractivity contribution < 1.29 is 8.96 Å². The average Bonchev–Trinajstić information content (AvgIpc) is 2.65. The van der Waals surface area contributed by atoms with Gasteiger partial charge in [-0.1, -0.05) is 49.7 Å². The molecule has 0 amide bonds. The van der Waals surface area contributed by atoms with Gasteiger partial charge in [0.15, 0.2) is 0 Å². The molecule has 1 nitrogen and oxygen atoms in total. The van der Waals surface area contributed by atoms with E-state index in [1.54, 1.807) is 0 Å². The van der Waals surface area contributed by atoms with E-state index in [1.807, 2.05) is 24.3 Å². The molecule has 0 bridgehead atoms. The third-order valence-electron chi connectivity index (χ3n) is 6.73. The SMILES string of the molecule is Cc1cc2c3c(c(C)c(C)cc3c1)-c1c(c(F)c3ccccc3[n+]1C)C2(C)C. The van der Waals surface area contributed by atoms with Gasteiger partial charge in [-0.3, -0.25) is 0 Å². The number of aryl methyl sites for hydroxylation is 3. The number of hydrogen-bond acceptors (Lipinski definition) is 0. The van der Waals surface area contributed by atoms with Gasteiger partial charge in [0, 0.05) is 11.5 Å². The van der Waals surface area contributed by atoms with Crippen molar-refractivity contribution in [2.24, 2.45) is 7.05 Å². The Labute approximate surface area is 165 Å². The molecule has 0 saturated heterocycles. The van der Waals surface area contributed by atoms with Gasteiger partial charge in [0.2, 0.25) is 11.2 Å². The third-order valence-corrected chi connectivity index (χ3v) is 6.73. The van der Waals surface area contributed by atoms with Crippen LogP contribution in [-0.2, 0) is 12.5 Å². The van der Waals surface area contributed by atoms with Crippen molar-refractivity contribution in [1.29, 1.82) is 0 Å². The number of rotatable bonds is 0. The monoisotopic (exact) mass is 370 g/mol. The molecule has 4 aromatic rings. The summed E-state index contributed by atoms with van der Waals surface area (Å²) in [4.78, 5) is 0. The van der Waals surface area contributed by atoms with Gasteiger partial charge in [0.25, 0.3) is 0 Å². The maximum Gasteiger partial charge on any atom is 0.220 e. The van der Waals surface area contributed by atoms with Crippen LogP contribution in [0.5, 0.6) is 0 Å². The second-order valence-corrected chi connectivity index (χ2v) is 8.84. The summed E-state index contributed by atoms with van der Waals surface area (Å²) < 4.78 is 18.2. The molecule has 3 aromatic carbocycles. The summed E-state index contributed by atoms with van der Waals surface area (Å²) in [7, 11) is 2.07. The quantitative estimate of drug-likeness (QED) is 0.325. The van der Waals surface area contributed by atoms with Crippen molar-refractivity contribution in [3.63, 3.8) is 0 Å². The Hall–Kier alpha value is -2.74. The highest BCUT2D eigenvalue weighted by Gasteiger charge is 2.43. The lowest BCUT2D eigenvalue weighted by atomic mass is 9.68. The normalized spacial score (nSPS) is 14.5. The number of benzene rings is 3. The first kappa shape index (κ1) is 17.4. The van der Waals surface area contributed by atoms with Gasteiger partial charge < -0.3 is 0 Å². The predicted molar refractivity (Wildman–Crippen MR) is 114 cm³/mol. The largest absolute Gasteiger partial charge is 0.220 e. The van der Waals surface area contributed by atoms with E-state index in [4.69, 9.17) is 0 Å². The number of aromatic nitrogens is 1. The van der Waals surface area contributed by atoms with E-state index >= 15 is 4.39 Å². The van der Waals surface area contributed by atoms with E-state index < -0.39 is 5.41 Å². The molecule has 0 radical (unpaired) electrons. The zero-order chi connectivity index (χ0) is 20.0. The van der Waals surface area contributed by atoms with Crippen molar-refractivity contribution in [2.45, 2.75) is 40.0 Å². The van der Waals surface area contributed by atoms with Crippen LogP contribution in [0, 0.1) is 26.6 Å². The maximum absolute atomic E-state index is 16.0. The minimum absolute atomic E-state index is 0.0880. The first-order chi connectivity index (χ1) is 13.2. The minimum atomic E-state index is -0.416. The molecular weight excluding hydrogens is 345 g/mol. The van der Waals surface area contributed by atoms with E-state index in [0.717, 1.165) is 16.8 Å². The number of nitrogens with zero attached hydrogens (tertiary/aromatic N) is 1. The average molecular weight is 370 g/mol. The van der Waals surface area contributed by atoms with Crippen LogP contribution in [0.2, 0.25) is 0 Å². The lowest BCUT2D eigenvalue weighted by Gasteiger charge is -2.35. The van der Waals surface area contributed by atoms with Crippen molar-refractivity contribution in [3.8, 4) is 11.3 Å². The van der Waals surface area contributed by atoms with E-state index in [2.05, 4.69) is 64.4 Å². The lowest BCUT2D eigenvalue weighted by molar-refractivity contribution is -0.634. The molecule has 140 valence electrons. The van der Waals surface area contributed by atoms with Gasteiger partial charge in [0.05, 0.1) is 16.5 Å². The molecule has 0 spiro atoms. The van der Waals surface area contributed by atoms with Crippen LogP contribution in [0.25, 0.3) is 32.9 Å². The van der Waals surface area contributed by atoms with Gasteiger partial charge in [-0.05, 0) is 54.3 Å². The molecular formula is C26H25FN+. The zero-order valence-corrected chi connectivity index (χ0v) is 17.4. The van der Waals surface area contributed by atoms with Crippen LogP contribution in [-0.4, -0.2) is 0 Å². The van der Waals surface area contributed by atoms with Crippen LogP contribution in [0.4, 0.5) is 4.39 Å². The van der Waals surface area contributed by atoms with Crippen LogP contribution in [0.3, 0.4) is 0 Å². The summed E-state index contributed by atoms with van der Waals surface area (Å²) >= 11 is 0. The Kier molecular flexibility index (Phi) is 3.35. The van der Waals surface area contributed by atoms with Crippen LogP contribution >= 0.6 is 0 Å². The zero-order valence-electron chi connectivity index (χ0n) is 17.4. The number of hydrogen-bond donors (Lipinski definition) is 0. The van der Waals surface area contributed by atoms with Crippen molar-refractivity contribution in [2.75, 3.05) is 0 Å². The topological polar surface area (TPSA) is 3.88 Å². The summed E-state index contributed by atoms with van der Waals surface area (Å²) in [6.45, 7) is 10.8. The molecule has 28 heavy (non-hydrogen) atoms. The Morgan fingerprint density at radius 1 is 0.964 bits per heavy atom. The van der Waals surface area contributed by atoms with E-state index in [-0.39, 0.29) is 5.82 Å². The number of fused-ring (bicyclic) bond motifs is 3. The first-order valence-electron chi connectivity index (χ1n) is 9.89. The molecule has 0 N–H and O–H groups in total. The van der Waals surface area contributed by atoms with Crippen molar-refractivity contribution >= 4 is 21.7 Å². The molecule has 2 heteroatoms. The Balaban J connectivity index is 2.14. The standard InChI is InChI=1S/C26H25FN/c1-14-11-17-13-15(2)16(3)21-22(17)19(12-14)26(4,5)23-24(27)18-9-7-8-10-20(18)28(6)25(21)23/h7-13H,1-6H3/q+1. The Bertz CT molecular complexity index is 1330. The molecule has 0 fully saturated rings. The number of para-hydroxylation sites is 1. The molecule has 1 heterocycles. The van der Waals surface area contributed by atoms with Crippen molar-refractivity contribution in [1.82, 2.24) is 0 Å². The third kappa shape index (κ3) is 1.98. The van der Waals surface area contributed by atoms with Gasteiger partial charge in [-0.25, -0.2) is 4.39 Å². The molecule has 0 saturated carbocycles. The van der Waals surface area contributed by atoms with Crippen LogP contribution in [0.15, 0.2) is 42.5 Å². The second-order valence-electron chi connectivity index (χ2n) is 8.84. The highest BCUT2D eigenvalue weighted by Crippen LogP contribution is 2.51. The van der Waals surface area contributed by atoms with Crippen molar-refractivity contribution in [3.05, 3.63) is 76.1 Å². The fraction of sp³-hybridized carbons (Fsp3) is 0.269. The molecule has 5 rings (SSSR count). The summed E-state index contributed by atoms with van der Waals surface area (Å²) in [6, 6.07) is 14.6. The number of halogens is 1. The molecule has 0 atom stereocenters. The molecule has 1 aliphatic carbocycles. The van der Waals surface area contributed by atoms with Crippen LogP contribution in [0.1, 0.15) is 41.7 Å². The van der Waals surface area contributed by atoms with Gasteiger partial charge in [-0.2, -0.15) is 4.57 Å². The molecule has 1 aromatic heterocycles. The molecule has 0 unspecified atom stereocenters. The number of pyridine rings is 1. The smallest absolute Gasteiger partial charge is 0.205 e. The van der Waals surface area contributed by atoms with Gasteiger partial charge in [0.1, 0.15) is 12.9 Å². The highest BCUT2D eigenvalue weighted by atomic mass is 19.1. The second kappa shape index (κ2) is 5.41. The van der Waals surface area contributed by atoms with Gasteiger partial charge in [-0.15, -0.1) is 0 Å². The summed E-state index contributed by atoms with van der Waals surface area (Å²) in [5.74, 6) is -0.0880. The van der Waals surface area contributed by atoms with Crippen LogP contribution < -0.4 is 4.57 Å². The highest BCUT2D eigenvalue weighted by molar-refractivity contribution is 6.04. The summed E-state index contributed by atoms with van der Waals surface area (Å²) in [5, 5.41) is 3.21. The predicted octanol–water partition coefficient (Wildman–Crippen LogP) is 6.19. The van der Waals surface area contributed by atoms with Gasteiger partial charge >= 0.3 is 0 Å².